The Balaban J connectivity index is 1.61. The molecule has 3 heterocycles. The number of carbonyl (C=O) groups is 1. The SMILES string of the molecule is COc1ccc(CN2CCn3cc(-c4ccncc4)c(Br)c3C2=O)cc1. The molecule has 132 valence electrons. The van der Waals surface area contributed by atoms with Crippen LogP contribution in [-0.4, -0.2) is 34.0 Å². The van der Waals surface area contributed by atoms with Crippen molar-refractivity contribution in [3.8, 4) is 16.9 Å². The lowest BCUT2D eigenvalue weighted by Gasteiger charge is -2.28. The normalized spacial score (nSPS) is 13.6. The van der Waals surface area contributed by atoms with E-state index < -0.39 is 0 Å². The summed E-state index contributed by atoms with van der Waals surface area (Å²) in [5.41, 5.74) is 3.85. The summed E-state index contributed by atoms with van der Waals surface area (Å²) < 4.78 is 8.07. The summed E-state index contributed by atoms with van der Waals surface area (Å²) >= 11 is 3.64. The molecule has 1 aliphatic rings. The minimum absolute atomic E-state index is 0.0410. The van der Waals surface area contributed by atoms with E-state index in [1.54, 1.807) is 19.5 Å². The predicted octanol–water partition coefficient (Wildman–Crippen LogP) is 3.98. The lowest BCUT2D eigenvalue weighted by atomic mass is 10.1. The van der Waals surface area contributed by atoms with Crippen LogP contribution in [0.5, 0.6) is 5.75 Å². The molecule has 1 aliphatic heterocycles. The highest BCUT2D eigenvalue weighted by atomic mass is 79.9. The number of nitrogens with zero attached hydrogens (tertiary/aromatic N) is 3. The van der Waals surface area contributed by atoms with Gasteiger partial charge in [0.15, 0.2) is 0 Å². The monoisotopic (exact) mass is 411 g/mol. The zero-order valence-corrected chi connectivity index (χ0v) is 15.9. The van der Waals surface area contributed by atoms with Crippen LogP contribution in [0.1, 0.15) is 16.1 Å². The average Bonchev–Trinajstić information content (AvgIpc) is 3.02. The molecule has 0 N–H and O–H groups in total. The van der Waals surface area contributed by atoms with Crippen LogP contribution in [0.4, 0.5) is 0 Å². The third kappa shape index (κ3) is 3.01. The Bertz CT molecular complexity index is 936. The molecule has 1 amide bonds. The second kappa shape index (κ2) is 6.96. The number of halogens is 1. The molecule has 0 atom stereocenters. The van der Waals surface area contributed by atoms with E-state index in [1.807, 2.05) is 52.1 Å². The molecule has 6 heteroatoms. The van der Waals surface area contributed by atoms with Gasteiger partial charge in [0.1, 0.15) is 11.4 Å². The van der Waals surface area contributed by atoms with Gasteiger partial charge in [0.2, 0.25) is 0 Å². The van der Waals surface area contributed by atoms with Crippen molar-refractivity contribution >= 4 is 21.8 Å². The van der Waals surface area contributed by atoms with Gasteiger partial charge in [-0.25, -0.2) is 0 Å². The van der Waals surface area contributed by atoms with Crippen molar-refractivity contribution in [2.75, 3.05) is 13.7 Å². The summed E-state index contributed by atoms with van der Waals surface area (Å²) in [6.07, 6.45) is 5.56. The molecule has 4 rings (SSSR count). The van der Waals surface area contributed by atoms with Crippen molar-refractivity contribution in [3.63, 3.8) is 0 Å². The number of hydrogen-bond acceptors (Lipinski definition) is 3. The maximum atomic E-state index is 13.0. The molecule has 0 radical (unpaired) electrons. The Hall–Kier alpha value is -2.60. The van der Waals surface area contributed by atoms with Crippen LogP contribution in [0.15, 0.2) is 59.5 Å². The molecule has 0 saturated heterocycles. The highest BCUT2D eigenvalue weighted by Gasteiger charge is 2.29. The van der Waals surface area contributed by atoms with E-state index in [9.17, 15) is 4.79 Å². The number of pyridine rings is 1. The number of carbonyl (C=O) groups excluding carboxylic acids is 1. The number of hydrogen-bond donors (Lipinski definition) is 0. The first-order valence-corrected chi connectivity index (χ1v) is 9.18. The molecular formula is C20H18BrN3O2. The summed E-state index contributed by atoms with van der Waals surface area (Å²) in [4.78, 5) is 19.0. The van der Waals surface area contributed by atoms with E-state index in [1.165, 1.54) is 0 Å². The van der Waals surface area contributed by atoms with Crippen molar-refractivity contribution < 1.29 is 9.53 Å². The maximum absolute atomic E-state index is 13.0. The van der Waals surface area contributed by atoms with Gasteiger partial charge in [-0.15, -0.1) is 0 Å². The standard InChI is InChI=1S/C20H18BrN3O2/c1-26-16-4-2-14(3-5-16)12-24-11-10-23-13-17(15-6-8-22-9-7-15)18(21)19(23)20(24)25/h2-9,13H,10-12H2,1H3. The smallest absolute Gasteiger partial charge is 0.272 e. The van der Waals surface area contributed by atoms with Crippen LogP contribution < -0.4 is 4.74 Å². The fourth-order valence-corrected chi connectivity index (χ4v) is 3.97. The molecule has 0 aliphatic carbocycles. The molecule has 0 bridgehead atoms. The quantitative estimate of drug-likeness (QED) is 0.652. The van der Waals surface area contributed by atoms with Gasteiger partial charge in [0, 0.05) is 43.8 Å². The first kappa shape index (κ1) is 16.8. The first-order chi connectivity index (χ1) is 12.7. The number of fused-ring (bicyclic) bond motifs is 1. The second-order valence-corrected chi connectivity index (χ2v) is 7.00. The Morgan fingerprint density at radius 3 is 2.54 bits per heavy atom. The molecule has 2 aromatic heterocycles. The van der Waals surface area contributed by atoms with Gasteiger partial charge in [-0.05, 0) is 51.3 Å². The number of benzene rings is 1. The summed E-state index contributed by atoms with van der Waals surface area (Å²) in [5, 5.41) is 0. The summed E-state index contributed by atoms with van der Waals surface area (Å²) in [6, 6.07) is 11.7. The Kier molecular flexibility index (Phi) is 4.51. The lowest BCUT2D eigenvalue weighted by molar-refractivity contribution is 0.0689. The van der Waals surface area contributed by atoms with Gasteiger partial charge in [-0.3, -0.25) is 9.78 Å². The molecule has 1 aromatic carbocycles. The predicted molar refractivity (Wildman–Crippen MR) is 103 cm³/mol. The third-order valence-electron chi connectivity index (χ3n) is 4.64. The van der Waals surface area contributed by atoms with Crippen LogP contribution >= 0.6 is 15.9 Å². The molecule has 5 nitrogen and oxygen atoms in total. The van der Waals surface area contributed by atoms with Crippen molar-refractivity contribution in [3.05, 3.63) is 70.7 Å². The van der Waals surface area contributed by atoms with Gasteiger partial charge in [-0.1, -0.05) is 12.1 Å². The van der Waals surface area contributed by atoms with Crippen LogP contribution in [0.3, 0.4) is 0 Å². The van der Waals surface area contributed by atoms with Crippen molar-refractivity contribution in [1.29, 1.82) is 0 Å². The summed E-state index contributed by atoms with van der Waals surface area (Å²) in [5.74, 6) is 0.858. The molecule has 0 spiro atoms. The first-order valence-electron chi connectivity index (χ1n) is 8.38. The van der Waals surface area contributed by atoms with Crippen LogP contribution in [0.25, 0.3) is 11.1 Å². The van der Waals surface area contributed by atoms with E-state index in [2.05, 4.69) is 20.9 Å². The van der Waals surface area contributed by atoms with E-state index in [0.717, 1.165) is 33.5 Å². The fourth-order valence-electron chi connectivity index (χ4n) is 3.24. The molecular weight excluding hydrogens is 394 g/mol. The van der Waals surface area contributed by atoms with Gasteiger partial charge < -0.3 is 14.2 Å². The summed E-state index contributed by atoms with van der Waals surface area (Å²) in [6.45, 7) is 2.06. The Labute approximate surface area is 160 Å². The molecule has 0 unspecified atom stereocenters. The zero-order chi connectivity index (χ0) is 18.1. The van der Waals surface area contributed by atoms with E-state index >= 15 is 0 Å². The Morgan fingerprint density at radius 1 is 1.12 bits per heavy atom. The number of ether oxygens (including phenoxy) is 1. The van der Waals surface area contributed by atoms with E-state index in [4.69, 9.17) is 4.74 Å². The maximum Gasteiger partial charge on any atom is 0.272 e. The minimum atomic E-state index is 0.0410. The molecule has 26 heavy (non-hydrogen) atoms. The largest absolute Gasteiger partial charge is 0.497 e. The molecule has 0 saturated carbocycles. The highest BCUT2D eigenvalue weighted by molar-refractivity contribution is 9.10. The van der Waals surface area contributed by atoms with Crippen molar-refractivity contribution in [1.82, 2.24) is 14.5 Å². The molecule has 3 aromatic rings. The average molecular weight is 412 g/mol. The van der Waals surface area contributed by atoms with Gasteiger partial charge in [0.25, 0.3) is 5.91 Å². The third-order valence-corrected chi connectivity index (χ3v) is 5.44. The zero-order valence-electron chi connectivity index (χ0n) is 14.4. The second-order valence-electron chi connectivity index (χ2n) is 6.21. The lowest BCUT2D eigenvalue weighted by Crippen LogP contribution is -2.39. The van der Waals surface area contributed by atoms with Crippen molar-refractivity contribution in [2.45, 2.75) is 13.1 Å². The fraction of sp³-hybridized carbons (Fsp3) is 0.200. The van der Waals surface area contributed by atoms with Gasteiger partial charge >= 0.3 is 0 Å². The van der Waals surface area contributed by atoms with E-state index in [0.29, 0.717) is 18.8 Å². The topological polar surface area (TPSA) is 47.4 Å². The van der Waals surface area contributed by atoms with E-state index in [-0.39, 0.29) is 5.91 Å². The van der Waals surface area contributed by atoms with Crippen molar-refractivity contribution in [2.24, 2.45) is 0 Å². The van der Waals surface area contributed by atoms with Crippen LogP contribution in [0.2, 0.25) is 0 Å². The Morgan fingerprint density at radius 2 is 1.85 bits per heavy atom. The van der Waals surface area contributed by atoms with Crippen LogP contribution in [-0.2, 0) is 13.1 Å². The summed E-state index contributed by atoms with van der Waals surface area (Å²) in [7, 11) is 1.65. The van der Waals surface area contributed by atoms with Gasteiger partial charge in [0.05, 0.1) is 11.6 Å². The minimum Gasteiger partial charge on any atom is -0.497 e. The number of aromatic nitrogens is 2. The number of rotatable bonds is 4. The number of methoxy groups -OCH3 is 1. The number of amides is 1. The highest BCUT2D eigenvalue weighted by Crippen LogP contribution is 2.35. The molecule has 0 fully saturated rings. The van der Waals surface area contributed by atoms with Gasteiger partial charge in [-0.2, -0.15) is 0 Å². The van der Waals surface area contributed by atoms with Crippen LogP contribution in [0, 0.1) is 0 Å².